The number of fused-ring (bicyclic) bond motifs is 1. The molecule has 1 aliphatic carbocycles. The summed E-state index contributed by atoms with van der Waals surface area (Å²) in [5.74, 6) is -3.09. The van der Waals surface area contributed by atoms with E-state index < -0.39 is 48.9 Å². The number of hydrogen-bond donors (Lipinski definition) is 0. The van der Waals surface area contributed by atoms with E-state index in [0.29, 0.717) is 17.9 Å². The first kappa shape index (κ1) is 27.8. The van der Waals surface area contributed by atoms with Crippen LogP contribution >= 0.6 is 0 Å². The van der Waals surface area contributed by atoms with Crippen LogP contribution in [0.3, 0.4) is 0 Å². The Bertz CT molecular complexity index is 1340. The highest BCUT2D eigenvalue weighted by molar-refractivity contribution is 5.89. The van der Waals surface area contributed by atoms with Gasteiger partial charge in [0.2, 0.25) is 0 Å². The van der Waals surface area contributed by atoms with E-state index in [2.05, 4.69) is 0 Å². The number of hydrogen-bond acceptors (Lipinski definition) is 5. The SMILES string of the molecule is CCOC(=O)[C@@H]1Cc2c(ccc(C)c2OCc2ccccc2)CN1C(=O)C(OC1CC(F)(F)C1)c1ccccc1. The molecule has 0 radical (unpaired) electrons. The average Bonchev–Trinajstić information content (AvgIpc) is 2.94. The van der Waals surface area contributed by atoms with Crippen LogP contribution in [0.25, 0.3) is 0 Å². The summed E-state index contributed by atoms with van der Waals surface area (Å²) >= 11 is 0. The van der Waals surface area contributed by atoms with Crippen molar-refractivity contribution in [3.05, 3.63) is 101 Å². The fourth-order valence-electron chi connectivity index (χ4n) is 5.32. The van der Waals surface area contributed by atoms with Crippen LogP contribution in [0.15, 0.2) is 72.8 Å². The minimum atomic E-state index is -2.79. The first-order valence-corrected chi connectivity index (χ1v) is 13.6. The number of aryl methyl sites for hydroxylation is 1. The highest BCUT2D eigenvalue weighted by atomic mass is 19.3. The first-order chi connectivity index (χ1) is 19.3. The van der Waals surface area contributed by atoms with Gasteiger partial charge < -0.3 is 19.1 Å². The zero-order valence-electron chi connectivity index (χ0n) is 22.6. The number of amides is 1. The molecular weight excluding hydrogens is 516 g/mol. The Labute approximate surface area is 232 Å². The molecule has 8 heteroatoms. The van der Waals surface area contributed by atoms with Crippen LogP contribution in [0.1, 0.15) is 53.7 Å². The van der Waals surface area contributed by atoms with Crippen molar-refractivity contribution in [2.24, 2.45) is 0 Å². The average molecular weight is 550 g/mol. The van der Waals surface area contributed by atoms with Crippen LogP contribution in [0.5, 0.6) is 5.75 Å². The van der Waals surface area contributed by atoms with Crippen molar-refractivity contribution in [1.29, 1.82) is 0 Å². The third-order valence-electron chi connectivity index (χ3n) is 7.44. The maximum absolute atomic E-state index is 14.1. The van der Waals surface area contributed by atoms with Crippen molar-refractivity contribution < 1.29 is 32.6 Å². The topological polar surface area (TPSA) is 65.1 Å². The Morgan fingerprint density at radius 3 is 2.33 bits per heavy atom. The summed E-state index contributed by atoms with van der Waals surface area (Å²) in [5.41, 5.74) is 4.19. The van der Waals surface area contributed by atoms with Gasteiger partial charge in [0.1, 0.15) is 18.4 Å². The summed E-state index contributed by atoms with van der Waals surface area (Å²) in [6.07, 6.45) is -2.54. The van der Waals surface area contributed by atoms with Crippen molar-refractivity contribution in [3.63, 3.8) is 0 Å². The van der Waals surface area contributed by atoms with Crippen molar-refractivity contribution in [2.45, 2.75) is 70.4 Å². The van der Waals surface area contributed by atoms with Crippen LogP contribution in [-0.2, 0) is 38.6 Å². The molecule has 2 aliphatic rings. The van der Waals surface area contributed by atoms with E-state index in [-0.39, 0.29) is 19.6 Å². The number of carbonyl (C=O) groups is 2. The number of alkyl halides is 2. The van der Waals surface area contributed by atoms with Gasteiger partial charge in [0.15, 0.2) is 6.10 Å². The van der Waals surface area contributed by atoms with Crippen molar-refractivity contribution >= 4 is 11.9 Å². The van der Waals surface area contributed by atoms with Gasteiger partial charge >= 0.3 is 5.97 Å². The van der Waals surface area contributed by atoms with E-state index in [9.17, 15) is 18.4 Å². The van der Waals surface area contributed by atoms with E-state index in [1.165, 1.54) is 4.90 Å². The molecule has 1 heterocycles. The number of carbonyl (C=O) groups excluding carboxylic acids is 2. The minimum absolute atomic E-state index is 0.132. The van der Waals surface area contributed by atoms with Gasteiger partial charge in [-0.1, -0.05) is 72.8 Å². The lowest BCUT2D eigenvalue weighted by atomic mass is 9.89. The second-order valence-corrected chi connectivity index (χ2v) is 10.4. The molecule has 0 N–H and O–H groups in total. The summed E-state index contributed by atoms with van der Waals surface area (Å²) < 4.78 is 44.9. The standard InChI is InChI=1S/C32H33F2NO5/c1-3-38-31(37)27-16-26-24(15-14-21(2)28(26)39-20-22-10-6-4-7-11-22)19-35(27)30(36)29(23-12-8-5-9-13-23)40-25-17-32(33,34)18-25/h4-15,25,27,29H,3,16-20H2,1-2H3/t27-,29?/m0/s1. The third kappa shape index (κ3) is 6.02. The Hall–Kier alpha value is -3.78. The molecule has 40 heavy (non-hydrogen) atoms. The molecule has 0 spiro atoms. The van der Waals surface area contributed by atoms with Crippen LogP contribution < -0.4 is 4.74 Å². The van der Waals surface area contributed by atoms with Gasteiger partial charge in [-0.05, 0) is 36.1 Å². The van der Waals surface area contributed by atoms with Crippen LogP contribution in [-0.4, -0.2) is 41.5 Å². The number of halogens is 2. The molecule has 1 unspecified atom stereocenters. The maximum atomic E-state index is 14.1. The highest BCUT2D eigenvalue weighted by Gasteiger charge is 2.49. The predicted octanol–water partition coefficient (Wildman–Crippen LogP) is 5.95. The molecule has 0 saturated heterocycles. The van der Waals surface area contributed by atoms with Gasteiger partial charge in [-0.15, -0.1) is 0 Å². The fourth-order valence-corrected chi connectivity index (χ4v) is 5.32. The molecule has 0 bridgehead atoms. The first-order valence-electron chi connectivity index (χ1n) is 13.6. The molecule has 210 valence electrons. The zero-order chi connectivity index (χ0) is 28.3. The summed E-state index contributed by atoms with van der Waals surface area (Å²) in [6.45, 7) is 4.32. The molecular formula is C32H33F2NO5. The van der Waals surface area contributed by atoms with Gasteiger partial charge in [-0.25, -0.2) is 13.6 Å². The van der Waals surface area contributed by atoms with Crippen molar-refractivity contribution in [2.75, 3.05) is 6.61 Å². The monoisotopic (exact) mass is 549 g/mol. The van der Waals surface area contributed by atoms with Crippen LogP contribution in [0, 0.1) is 6.92 Å². The van der Waals surface area contributed by atoms with Crippen molar-refractivity contribution in [3.8, 4) is 5.75 Å². The maximum Gasteiger partial charge on any atom is 0.329 e. The molecule has 1 fully saturated rings. The number of ether oxygens (including phenoxy) is 3. The Kier molecular flexibility index (Phi) is 8.17. The van der Waals surface area contributed by atoms with Gasteiger partial charge in [0.25, 0.3) is 11.8 Å². The lowest BCUT2D eigenvalue weighted by molar-refractivity contribution is -0.194. The van der Waals surface area contributed by atoms with Gasteiger partial charge in [-0.2, -0.15) is 0 Å². The summed E-state index contributed by atoms with van der Waals surface area (Å²) in [6, 6.07) is 21.6. The zero-order valence-corrected chi connectivity index (χ0v) is 22.6. The van der Waals surface area contributed by atoms with Crippen molar-refractivity contribution in [1.82, 2.24) is 4.90 Å². The molecule has 2 atom stereocenters. The van der Waals surface area contributed by atoms with Crippen LogP contribution in [0.4, 0.5) is 8.78 Å². The Balaban J connectivity index is 1.46. The molecule has 3 aromatic rings. The van der Waals surface area contributed by atoms with E-state index in [4.69, 9.17) is 14.2 Å². The number of esters is 1. The van der Waals surface area contributed by atoms with E-state index in [1.54, 1.807) is 37.3 Å². The third-order valence-corrected chi connectivity index (χ3v) is 7.44. The smallest absolute Gasteiger partial charge is 0.329 e. The molecule has 5 rings (SSSR count). The summed E-state index contributed by atoms with van der Waals surface area (Å²) in [4.78, 5) is 28.8. The van der Waals surface area contributed by atoms with Gasteiger partial charge in [-0.3, -0.25) is 4.79 Å². The largest absolute Gasteiger partial charge is 0.488 e. The quantitative estimate of drug-likeness (QED) is 0.309. The second-order valence-electron chi connectivity index (χ2n) is 10.4. The molecule has 1 amide bonds. The highest BCUT2D eigenvalue weighted by Crippen LogP contribution is 2.42. The molecule has 6 nitrogen and oxygen atoms in total. The van der Waals surface area contributed by atoms with Gasteiger partial charge in [0.05, 0.1) is 12.7 Å². The number of nitrogens with zero attached hydrogens (tertiary/aromatic N) is 1. The lowest BCUT2D eigenvalue weighted by Crippen LogP contribution is -2.52. The normalized spacial score (nSPS) is 18.8. The fraction of sp³-hybridized carbons (Fsp3) is 0.375. The molecule has 0 aromatic heterocycles. The Morgan fingerprint density at radius 1 is 1.00 bits per heavy atom. The number of benzene rings is 3. The Morgan fingerprint density at radius 2 is 1.68 bits per heavy atom. The molecule has 1 saturated carbocycles. The summed E-state index contributed by atoms with van der Waals surface area (Å²) in [7, 11) is 0. The molecule has 1 aliphatic heterocycles. The van der Waals surface area contributed by atoms with E-state index in [0.717, 1.165) is 22.3 Å². The van der Waals surface area contributed by atoms with E-state index in [1.807, 2.05) is 49.4 Å². The van der Waals surface area contributed by atoms with Gasteiger partial charge in [0, 0.05) is 31.4 Å². The minimum Gasteiger partial charge on any atom is -0.488 e. The van der Waals surface area contributed by atoms with Crippen LogP contribution in [0.2, 0.25) is 0 Å². The lowest BCUT2D eigenvalue weighted by Gasteiger charge is -2.41. The van der Waals surface area contributed by atoms with E-state index >= 15 is 0 Å². The number of rotatable bonds is 9. The second kappa shape index (κ2) is 11.8. The predicted molar refractivity (Wildman–Crippen MR) is 145 cm³/mol. The molecule has 3 aromatic carbocycles. The summed E-state index contributed by atoms with van der Waals surface area (Å²) in [5, 5.41) is 0.